The van der Waals surface area contributed by atoms with Crippen molar-refractivity contribution in [3.63, 3.8) is 0 Å². The Labute approximate surface area is 287 Å². The van der Waals surface area contributed by atoms with Crippen LogP contribution in [0.1, 0.15) is 78.6 Å². The summed E-state index contributed by atoms with van der Waals surface area (Å²) in [5, 5.41) is 64.5. The lowest BCUT2D eigenvalue weighted by atomic mass is 9.43. The Bertz CT molecular complexity index is 1260. The first-order valence-electron chi connectivity index (χ1n) is 18.3. The van der Waals surface area contributed by atoms with Crippen LogP contribution in [0, 0.1) is 34.5 Å². The number of aliphatic hydroxyl groups is 6. The van der Waals surface area contributed by atoms with Gasteiger partial charge < -0.3 is 59.1 Å². The van der Waals surface area contributed by atoms with Gasteiger partial charge in [-0.25, -0.2) is 4.79 Å². The summed E-state index contributed by atoms with van der Waals surface area (Å²) in [7, 11) is 1.44. The van der Waals surface area contributed by atoms with Crippen molar-refractivity contribution < 1.29 is 63.9 Å². The van der Waals surface area contributed by atoms with E-state index < -0.39 is 73.6 Å². The molecule has 7 aliphatic rings. The number of hydrogen-bond acceptors (Lipinski definition) is 13. The molecule has 0 aromatic rings. The molecular formula is C36H56O13. The summed E-state index contributed by atoms with van der Waals surface area (Å²) in [5.74, 6) is 0.821. The highest BCUT2D eigenvalue weighted by Crippen LogP contribution is 2.70. The van der Waals surface area contributed by atoms with E-state index in [1.165, 1.54) is 7.11 Å². The quantitative estimate of drug-likeness (QED) is 0.163. The second-order valence-electron chi connectivity index (χ2n) is 16.5. The van der Waals surface area contributed by atoms with Gasteiger partial charge in [-0.3, -0.25) is 0 Å². The second-order valence-corrected chi connectivity index (χ2v) is 16.5. The van der Waals surface area contributed by atoms with Crippen LogP contribution in [0.3, 0.4) is 0 Å². The molecule has 0 radical (unpaired) electrons. The van der Waals surface area contributed by atoms with Crippen LogP contribution >= 0.6 is 0 Å². The lowest BCUT2D eigenvalue weighted by molar-refractivity contribution is -0.372. The van der Waals surface area contributed by atoms with Crippen molar-refractivity contribution in [2.45, 2.75) is 152 Å². The van der Waals surface area contributed by atoms with Crippen LogP contribution in [-0.2, 0) is 33.2 Å². The SMILES string of the molecule is COC1C(O)C(C)OC(OC2CC[C@@]3(C)C(CCC4C3CC[C@]3(C)C(C5=CC(=O)OC5)CC[C@]43O)C2)C1OC1OC(CO)C(O)C(O)C1O. The van der Waals surface area contributed by atoms with Gasteiger partial charge in [-0.15, -0.1) is 0 Å². The van der Waals surface area contributed by atoms with Gasteiger partial charge in [0.1, 0.15) is 49.3 Å². The number of rotatable bonds is 7. The molecule has 3 aliphatic heterocycles. The molecule has 0 bridgehead atoms. The summed E-state index contributed by atoms with van der Waals surface area (Å²) < 4.78 is 35.5. The number of methoxy groups -OCH3 is 1. The fraction of sp³-hybridized carbons (Fsp3) is 0.917. The minimum absolute atomic E-state index is 0.0296. The summed E-state index contributed by atoms with van der Waals surface area (Å²) in [4.78, 5) is 11.9. The molecule has 18 atom stereocenters. The zero-order chi connectivity index (χ0) is 35.0. The number of hydrogen-bond donors (Lipinski definition) is 6. The van der Waals surface area contributed by atoms with E-state index in [4.69, 9.17) is 28.4 Å². The monoisotopic (exact) mass is 696 g/mol. The zero-order valence-electron chi connectivity index (χ0n) is 29.1. The summed E-state index contributed by atoms with van der Waals surface area (Å²) in [6, 6.07) is 0. The van der Waals surface area contributed by atoms with Crippen molar-refractivity contribution in [2.75, 3.05) is 20.3 Å². The van der Waals surface area contributed by atoms with Gasteiger partial charge in [0.05, 0.1) is 24.4 Å². The van der Waals surface area contributed by atoms with E-state index in [-0.39, 0.29) is 34.7 Å². The summed E-state index contributed by atoms with van der Waals surface area (Å²) >= 11 is 0. The molecule has 6 fully saturated rings. The van der Waals surface area contributed by atoms with Gasteiger partial charge >= 0.3 is 5.97 Å². The molecule has 278 valence electrons. The first-order valence-corrected chi connectivity index (χ1v) is 18.3. The van der Waals surface area contributed by atoms with Crippen LogP contribution in [0.4, 0.5) is 0 Å². The standard InChI is InChI=1S/C36H56O13/c1-17-26(39)30(44-4)31(49-32-29(42)28(41)27(40)24(15-37)48-32)33(46-17)47-20-7-10-34(2)19(14-20)5-6-23-22(34)8-11-35(3)21(9-12-36(23,35)43)18-13-25(38)45-16-18/h13,17,19-24,26-33,37,39-43H,5-12,14-16H2,1-4H3/t17?,19?,20?,21?,22?,23?,24?,26?,27?,28?,29?,30?,31?,32?,33?,34-,35+,36-/m0/s1. The fourth-order valence-corrected chi connectivity index (χ4v) is 11.5. The number of carbonyl (C=O) groups excluding carboxylic acids is 1. The van der Waals surface area contributed by atoms with Crippen LogP contribution in [0.25, 0.3) is 0 Å². The third kappa shape index (κ3) is 5.74. The molecule has 0 spiro atoms. The Morgan fingerprint density at radius 2 is 1.63 bits per heavy atom. The van der Waals surface area contributed by atoms with Crippen LogP contribution in [0.2, 0.25) is 0 Å². The lowest BCUT2D eigenvalue weighted by Gasteiger charge is -2.64. The third-order valence-corrected chi connectivity index (χ3v) is 14.4. The average Bonchev–Trinajstić information content (AvgIpc) is 3.62. The molecule has 13 heteroatoms. The topological polar surface area (TPSA) is 194 Å². The van der Waals surface area contributed by atoms with E-state index in [0.717, 1.165) is 63.4 Å². The maximum atomic E-state index is 12.6. The largest absolute Gasteiger partial charge is 0.458 e. The molecule has 0 aromatic carbocycles. The molecule has 3 heterocycles. The summed E-state index contributed by atoms with van der Waals surface area (Å²) in [6.07, 6.45) is -2.68. The van der Waals surface area contributed by atoms with Crippen LogP contribution in [0.15, 0.2) is 11.6 Å². The second kappa shape index (κ2) is 13.3. The van der Waals surface area contributed by atoms with Gasteiger partial charge in [-0.1, -0.05) is 13.8 Å². The Balaban J connectivity index is 1.05. The molecule has 49 heavy (non-hydrogen) atoms. The first kappa shape index (κ1) is 36.1. The minimum Gasteiger partial charge on any atom is -0.458 e. The van der Waals surface area contributed by atoms with Gasteiger partial charge in [-0.2, -0.15) is 0 Å². The number of ether oxygens (including phenoxy) is 6. The fourth-order valence-electron chi connectivity index (χ4n) is 11.5. The third-order valence-electron chi connectivity index (χ3n) is 14.4. The van der Waals surface area contributed by atoms with E-state index in [2.05, 4.69) is 13.8 Å². The molecule has 0 aromatic heterocycles. The van der Waals surface area contributed by atoms with Crippen molar-refractivity contribution >= 4 is 5.97 Å². The number of esters is 1. The van der Waals surface area contributed by atoms with Gasteiger partial charge in [0.2, 0.25) is 0 Å². The van der Waals surface area contributed by atoms with Crippen LogP contribution in [-0.4, -0.2) is 130 Å². The highest BCUT2D eigenvalue weighted by molar-refractivity contribution is 5.85. The van der Waals surface area contributed by atoms with E-state index in [1.54, 1.807) is 13.0 Å². The van der Waals surface area contributed by atoms with E-state index in [1.807, 2.05) is 0 Å². The highest BCUT2D eigenvalue weighted by atomic mass is 16.8. The van der Waals surface area contributed by atoms with Gasteiger partial charge in [0, 0.05) is 18.6 Å². The molecule has 15 unspecified atom stereocenters. The number of cyclic esters (lactones) is 1. The Morgan fingerprint density at radius 3 is 2.33 bits per heavy atom. The van der Waals surface area contributed by atoms with E-state index in [9.17, 15) is 35.4 Å². The molecular weight excluding hydrogens is 640 g/mol. The number of fused-ring (bicyclic) bond motifs is 5. The summed E-state index contributed by atoms with van der Waals surface area (Å²) in [5.41, 5.74) is -0.00574. The molecule has 4 aliphatic carbocycles. The lowest BCUT2D eigenvalue weighted by Crippen LogP contribution is -2.65. The van der Waals surface area contributed by atoms with Gasteiger partial charge in [-0.05, 0) is 99.4 Å². The van der Waals surface area contributed by atoms with E-state index in [0.29, 0.717) is 18.4 Å². The highest BCUT2D eigenvalue weighted by Gasteiger charge is 2.68. The van der Waals surface area contributed by atoms with Crippen LogP contribution < -0.4 is 0 Å². The summed E-state index contributed by atoms with van der Waals surface area (Å²) in [6.45, 7) is 6.10. The first-order chi connectivity index (χ1) is 23.3. The van der Waals surface area contributed by atoms with Crippen molar-refractivity contribution in [3.05, 3.63) is 11.6 Å². The number of aliphatic hydroxyl groups excluding tert-OH is 5. The molecule has 4 saturated carbocycles. The van der Waals surface area contributed by atoms with E-state index >= 15 is 0 Å². The molecule has 13 nitrogen and oxygen atoms in total. The molecule has 2 saturated heterocycles. The average molecular weight is 697 g/mol. The van der Waals surface area contributed by atoms with Crippen molar-refractivity contribution in [1.82, 2.24) is 0 Å². The Kier molecular flexibility index (Phi) is 9.82. The normalized spacial score (nSPS) is 54.4. The van der Waals surface area contributed by atoms with Gasteiger partial charge in [0.15, 0.2) is 12.6 Å². The minimum atomic E-state index is -1.63. The molecule has 6 N–H and O–H groups in total. The van der Waals surface area contributed by atoms with Gasteiger partial charge in [0.25, 0.3) is 0 Å². The smallest absolute Gasteiger partial charge is 0.331 e. The van der Waals surface area contributed by atoms with Crippen molar-refractivity contribution in [1.29, 1.82) is 0 Å². The number of carbonyl (C=O) groups is 1. The van der Waals surface area contributed by atoms with Crippen molar-refractivity contribution in [3.8, 4) is 0 Å². The predicted molar refractivity (Wildman–Crippen MR) is 170 cm³/mol. The molecule has 0 amide bonds. The molecule has 7 rings (SSSR count). The predicted octanol–water partition coefficient (Wildman–Crippen LogP) is 0.934. The zero-order valence-corrected chi connectivity index (χ0v) is 29.1. The Morgan fingerprint density at radius 1 is 0.857 bits per heavy atom. The maximum Gasteiger partial charge on any atom is 0.331 e. The maximum absolute atomic E-state index is 12.6. The van der Waals surface area contributed by atoms with Crippen molar-refractivity contribution in [2.24, 2.45) is 34.5 Å². The van der Waals surface area contributed by atoms with Crippen LogP contribution in [0.5, 0.6) is 0 Å². The Hall–Kier alpha value is -1.23.